The molecule has 3 heterocycles. The molecule has 7 nitrogen and oxygen atoms in total. The topological polar surface area (TPSA) is 88.3 Å². The van der Waals surface area contributed by atoms with Crippen molar-refractivity contribution in [2.24, 2.45) is 0 Å². The van der Waals surface area contributed by atoms with Crippen LogP contribution in [0.15, 0.2) is 40.2 Å². The number of imide groups is 1. The van der Waals surface area contributed by atoms with E-state index >= 15 is 0 Å². The fourth-order valence-electron chi connectivity index (χ4n) is 4.15. The van der Waals surface area contributed by atoms with Gasteiger partial charge >= 0.3 is 6.03 Å². The molecule has 1 spiro atoms. The van der Waals surface area contributed by atoms with E-state index in [1.54, 1.807) is 11.3 Å². The van der Waals surface area contributed by atoms with Gasteiger partial charge in [-0.3, -0.25) is 9.69 Å². The van der Waals surface area contributed by atoms with E-state index in [9.17, 15) is 9.59 Å². The molecule has 148 valence electrons. The smallest absolute Gasteiger partial charge is 0.325 e. The molecule has 1 aliphatic heterocycles. The van der Waals surface area contributed by atoms with E-state index in [2.05, 4.69) is 22.4 Å². The molecule has 0 saturated carbocycles. The maximum atomic E-state index is 13.3. The maximum Gasteiger partial charge on any atom is 0.325 e. The van der Waals surface area contributed by atoms with Crippen LogP contribution in [0.3, 0.4) is 0 Å². The Bertz CT molecular complexity index is 1090. The van der Waals surface area contributed by atoms with Crippen LogP contribution in [0, 0.1) is 0 Å². The molecule has 8 heteroatoms. The quantitative estimate of drug-likeness (QED) is 0.666. The van der Waals surface area contributed by atoms with Crippen molar-refractivity contribution in [2.75, 3.05) is 0 Å². The van der Waals surface area contributed by atoms with E-state index in [1.807, 2.05) is 35.7 Å². The van der Waals surface area contributed by atoms with Crippen LogP contribution in [-0.4, -0.2) is 27.0 Å². The zero-order valence-electron chi connectivity index (χ0n) is 16.0. The first-order valence-electron chi connectivity index (χ1n) is 9.73. The van der Waals surface area contributed by atoms with Gasteiger partial charge in [-0.1, -0.05) is 36.3 Å². The summed E-state index contributed by atoms with van der Waals surface area (Å²) in [4.78, 5) is 32.7. The van der Waals surface area contributed by atoms with Gasteiger partial charge in [0.15, 0.2) is 0 Å². The number of benzene rings is 1. The summed E-state index contributed by atoms with van der Waals surface area (Å²) in [6.07, 6.45) is 3.38. The second kappa shape index (κ2) is 6.81. The summed E-state index contributed by atoms with van der Waals surface area (Å²) in [5.74, 6) is 0.442. The predicted octanol–water partition coefficient (Wildman–Crippen LogP) is 3.64. The van der Waals surface area contributed by atoms with Crippen LogP contribution in [0.25, 0.3) is 11.4 Å². The van der Waals surface area contributed by atoms with Crippen molar-refractivity contribution < 1.29 is 14.1 Å². The van der Waals surface area contributed by atoms with Gasteiger partial charge < -0.3 is 9.84 Å². The van der Waals surface area contributed by atoms with Crippen LogP contribution in [0.5, 0.6) is 0 Å². The monoisotopic (exact) mass is 408 g/mol. The first kappa shape index (κ1) is 18.1. The minimum atomic E-state index is -0.955. The number of urea groups is 1. The van der Waals surface area contributed by atoms with Gasteiger partial charge in [-0.2, -0.15) is 4.98 Å². The highest BCUT2D eigenvalue weighted by atomic mass is 32.1. The highest BCUT2D eigenvalue weighted by Crippen LogP contribution is 2.42. The summed E-state index contributed by atoms with van der Waals surface area (Å²) in [5.41, 5.74) is 2.03. The third-order valence-electron chi connectivity index (χ3n) is 5.72. The number of aromatic nitrogens is 2. The summed E-state index contributed by atoms with van der Waals surface area (Å²) in [7, 11) is 0. The second-order valence-corrected chi connectivity index (χ2v) is 8.40. The Labute approximate surface area is 171 Å². The van der Waals surface area contributed by atoms with Gasteiger partial charge in [0.2, 0.25) is 11.7 Å². The van der Waals surface area contributed by atoms with E-state index < -0.39 is 11.6 Å². The SMILES string of the molecule is CCc1ccc(-c2noc(CN3C(=O)N[C@@]4(CCCc5sccc54)C3=O)n2)cc1. The Morgan fingerprint density at radius 2 is 2.07 bits per heavy atom. The summed E-state index contributed by atoms with van der Waals surface area (Å²) in [6.45, 7) is 2.06. The third kappa shape index (κ3) is 2.86. The highest BCUT2D eigenvalue weighted by Gasteiger charge is 2.54. The average molecular weight is 408 g/mol. The zero-order chi connectivity index (χ0) is 20.0. The van der Waals surface area contributed by atoms with Crippen molar-refractivity contribution in [1.29, 1.82) is 0 Å². The molecule has 5 rings (SSSR count). The van der Waals surface area contributed by atoms with E-state index in [1.165, 1.54) is 15.3 Å². The largest absolute Gasteiger partial charge is 0.337 e. The predicted molar refractivity (Wildman–Crippen MR) is 107 cm³/mol. The van der Waals surface area contributed by atoms with Crippen molar-refractivity contribution in [3.8, 4) is 11.4 Å². The Morgan fingerprint density at radius 1 is 1.24 bits per heavy atom. The molecule has 2 aliphatic rings. The molecule has 1 N–H and O–H groups in total. The number of nitrogens with zero attached hydrogens (tertiary/aromatic N) is 3. The fraction of sp³-hybridized carbons (Fsp3) is 0.333. The lowest BCUT2D eigenvalue weighted by Crippen LogP contribution is -2.46. The van der Waals surface area contributed by atoms with Crippen LogP contribution >= 0.6 is 11.3 Å². The van der Waals surface area contributed by atoms with Crippen LogP contribution in [0.4, 0.5) is 4.79 Å². The molecule has 0 radical (unpaired) electrons. The number of thiophene rings is 1. The van der Waals surface area contributed by atoms with Gasteiger partial charge in [-0.05, 0) is 42.7 Å². The lowest BCUT2D eigenvalue weighted by Gasteiger charge is -2.31. The normalized spacial score (nSPS) is 20.9. The molecule has 1 aromatic carbocycles. The lowest BCUT2D eigenvalue weighted by atomic mass is 9.80. The number of aryl methyl sites for hydroxylation is 2. The third-order valence-corrected chi connectivity index (χ3v) is 6.70. The second-order valence-electron chi connectivity index (χ2n) is 7.40. The molecule has 1 fully saturated rings. The highest BCUT2D eigenvalue weighted by molar-refractivity contribution is 7.10. The zero-order valence-corrected chi connectivity index (χ0v) is 16.8. The van der Waals surface area contributed by atoms with Gasteiger partial charge in [0.25, 0.3) is 5.91 Å². The Hall–Kier alpha value is -3.00. The number of carbonyl (C=O) groups excluding carboxylic acids is 2. The molecule has 0 unspecified atom stereocenters. The number of nitrogens with one attached hydrogen (secondary N) is 1. The number of hydrogen-bond acceptors (Lipinski definition) is 6. The van der Waals surface area contributed by atoms with Crippen molar-refractivity contribution in [1.82, 2.24) is 20.4 Å². The standard InChI is InChI=1S/C21H20N4O3S/c1-2-13-5-7-14(8-6-13)18-22-17(28-24-18)12-25-19(26)21(23-20(25)27)10-3-4-16-15(21)9-11-29-16/h5-9,11H,2-4,10,12H2,1H3,(H,23,27)/t21-/m1/s1. The summed E-state index contributed by atoms with van der Waals surface area (Å²) >= 11 is 1.64. The number of rotatable bonds is 4. The van der Waals surface area contributed by atoms with E-state index in [0.29, 0.717) is 12.2 Å². The first-order valence-corrected chi connectivity index (χ1v) is 10.6. The van der Waals surface area contributed by atoms with Crippen molar-refractivity contribution in [3.05, 3.63) is 57.6 Å². The van der Waals surface area contributed by atoms with E-state index in [-0.39, 0.29) is 18.3 Å². The van der Waals surface area contributed by atoms with Gasteiger partial charge in [0.05, 0.1) is 0 Å². The summed E-state index contributed by atoms with van der Waals surface area (Å²) < 4.78 is 5.33. The van der Waals surface area contributed by atoms with Crippen LogP contribution in [-0.2, 0) is 29.7 Å². The molecular weight excluding hydrogens is 388 g/mol. The van der Waals surface area contributed by atoms with Crippen LogP contribution in [0.1, 0.15) is 41.7 Å². The number of carbonyl (C=O) groups is 2. The fourth-order valence-corrected chi connectivity index (χ4v) is 5.15. The Balaban J connectivity index is 1.39. The van der Waals surface area contributed by atoms with Crippen molar-refractivity contribution >= 4 is 23.3 Å². The molecule has 3 aromatic rings. The minimum Gasteiger partial charge on any atom is -0.337 e. The first-order chi connectivity index (χ1) is 14.1. The van der Waals surface area contributed by atoms with Gasteiger partial charge in [0.1, 0.15) is 12.1 Å². The average Bonchev–Trinajstić information content (AvgIpc) is 3.45. The summed E-state index contributed by atoms with van der Waals surface area (Å²) in [6, 6.07) is 9.46. The van der Waals surface area contributed by atoms with E-state index in [4.69, 9.17) is 4.52 Å². The maximum absolute atomic E-state index is 13.3. The Morgan fingerprint density at radius 3 is 2.86 bits per heavy atom. The van der Waals surface area contributed by atoms with Gasteiger partial charge in [-0.15, -0.1) is 11.3 Å². The lowest BCUT2D eigenvalue weighted by molar-refractivity contribution is -0.132. The Kier molecular flexibility index (Phi) is 4.24. The molecule has 1 aliphatic carbocycles. The summed E-state index contributed by atoms with van der Waals surface area (Å²) in [5, 5.41) is 8.93. The van der Waals surface area contributed by atoms with Crippen LogP contribution in [0.2, 0.25) is 0 Å². The number of fused-ring (bicyclic) bond motifs is 2. The molecular formula is C21H20N4O3S. The number of amides is 3. The van der Waals surface area contributed by atoms with Crippen molar-refractivity contribution in [2.45, 2.75) is 44.7 Å². The van der Waals surface area contributed by atoms with Crippen LogP contribution < -0.4 is 5.32 Å². The molecule has 29 heavy (non-hydrogen) atoms. The minimum absolute atomic E-state index is 0.0358. The molecule has 0 bridgehead atoms. The molecule has 1 atom stereocenters. The molecule has 1 saturated heterocycles. The number of hydrogen-bond donors (Lipinski definition) is 1. The van der Waals surface area contributed by atoms with Gasteiger partial charge in [0, 0.05) is 16.0 Å². The molecule has 2 aromatic heterocycles. The van der Waals surface area contributed by atoms with Gasteiger partial charge in [-0.25, -0.2) is 4.79 Å². The van der Waals surface area contributed by atoms with E-state index in [0.717, 1.165) is 30.4 Å². The molecule has 3 amide bonds. The van der Waals surface area contributed by atoms with Crippen molar-refractivity contribution in [3.63, 3.8) is 0 Å².